The van der Waals surface area contributed by atoms with Crippen molar-refractivity contribution in [3.63, 3.8) is 0 Å². The standard InChI is InChI=1S/C14H17ClFN3O/c1-18-4-5-20-11(8-18)9-19-13-6-10(16)2-3-12(13)17-14(19)7-15/h2-3,6,11H,4-5,7-9H2,1H3. The first-order valence-electron chi connectivity index (χ1n) is 6.68. The minimum Gasteiger partial charge on any atom is -0.374 e. The molecule has 108 valence electrons. The van der Waals surface area contributed by atoms with E-state index in [1.165, 1.54) is 12.1 Å². The van der Waals surface area contributed by atoms with Crippen LogP contribution in [0.2, 0.25) is 0 Å². The van der Waals surface area contributed by atoms with Crippen LogP contribution in [0, 0.1) is 5.82 Å². The number of aromatic nitrogens is 2. The van der Waals surface area contributed by atoms with Crippen LogP contribution in [-0.4, -0.2) is 47.3 Å². The fourth-order valence-electron chi connectivity index (χ4n) is 2.63. The van der Waals surface area contributed by atoms with Crippen molar-refractivity contribution in [3.05, 3.63) is 29.8 Å². The lowest BCUT2D eigenvalue weighted by Crippen LogP contribution is -2.42. The molecule has 2 aromatic rings. The number of rotatable bonds is 3. The number of morpholine rings is 1. The van der Waals surface area contributed by atoms with E-state index in [1.54, 1.807) is 6.07 Å². The molecule has 0 amide bonds. The first-order valence-corrected chi connectivity index (χ1v) is 7.21. The smallest absolute Gasteiger partial charge is 0.125 e. The zero-order chi connectivity index (χ0) is 14.1. The number of nitrogens with zero attached hydrogens (tertiary/aromatic N) is 3. The lowest BCUT2D eigenvalue weighted by molar-refractivity contribution is -0.0272. The lowest BCUT2D eigenvalue weighted by Gasteiger charge is -2.30. The molecule has 0 spiro atoms. The maximum absolute atomic E-state index is 13.5. The molecule has 1 atom stereocenters. The molecule has 0 N–H and O–H groups in total. The molecule has 0 radical (unpaired) electrons. The molecule has 4 nitrogen and oxygen atoms in total. The van der Waals surface area contributed by atoms with Crippen LogP contribution in [0.3, 0.4) is 0 Å². The van der Waals surface area contributed by atoms with Crippen LogP contribution in [0.15, 0.2) is 18.2 Å². The van der Waals surface area contributed by atoms with Gasteiger partial charge in [-0.2, -0.15) is 0 Å². The van der Waals surface area contributed by atoms with Gasteiger partial charge < -0.3 is 14.2 Å². The number of imidazole rings is 1. The number of fused-ring (bicyclic) bond motifs is 1. The molecular formula is C14H17ClFN3O. The molecule has 1 aliphatic heterocycles. The van der Waals surface area contributed by atoms with Gasteiger partial charge in [0.15, 0.2) is 0 Å². The predicted molar refractivity (Wildman–Crippen MR) is 76.5 cm³/mol. The Kier molecular flexibility index (Phi) is 3.92. The van der Waals surface area contributed by atoms with Gasteiger partial charge in [0.05, 0.1) is 36.2 Å². The Morgan fingerprint density at radius 2 is 2.35 bits per heavy atom. The van der Waals surface area contributed by atoms with Crippen molar-refractivity contribution >= 4 is 22.6 Å². The second-order valence-electron chi connectivity index (χ2n) is 5.16. The summed E-state index contributed by atoms with van der Waals surface area (Å²) in [6.07, 6.45) is 0.0800. The minimum atomic E-state index is -0.263. The zero-order valence-corrected chi connectivity index (χ0v) is 12.1. The fourth-order valence-corrected chi connectivity index (χ4v) is 2.84. The maximum atomic E-state index is 13.5. The largest absolute Gasteiger partial charge is 0.374 e. The number of benzene rings is 1. The monoisotopic (exact) mass is 297 g/mol. The third kappa shape index (κ3) is 2.66. The second kappa shape index (κ2) is 5.68. The predicted octanol–water partition coefficient (Wildman–Crippen LogP) is 2.24. The summed E-state index contributed by atoms with van der Waals surface area (Å²) in [5, 5.41) is 0. The molecule has 1 unspecified atom stereocenters. The number of alkyl halides is 1. The van der Waals surface area contributed by atoms with Gasteiger partial charge in [0.2, 0.25) is 0 Å². The van der Waals surface area contributed by atoms with Gasteiger partial charge in [0.1, 0.15) is 11.6 Å². The third-order valence-corrected chi connectivity index (χ3v) is 3.88. The van der Waals surface area contributed by atoms with E-state index in [-0.39, 0.29) is 11.9 Å². The molecule has 1 fully saturated rings. The first-order chi connectivity index (χ1) is 9.67. The Morgan fingerprint density at radius 3 is 3.10 bits per heavy atom. The summed E-state index contributed by atoms with van der Waals surface area (Å²) in [7, 11) is 2.07. The van der Waals surface area contributed by atoms with E-state index in [0.29, 0.717) is 12.4 Å². The van der Waals surface area contributed by atoms with Crippen molar-refractivity contribution in [2.24, 2.45) is 0 Å². The van der Waals surface area contributed by atoms with E-state index < -0.39 is 0 Å². The number of likely N-dealkylation sites (N-methyl/N-ethyl adjacent to an activating group) is 1. The summed E-state index contributed by atoms with van der Waals surface area (Å²) in [6.45, 7) is 3.17. The summed E-state index contributed by atoms with van der Waals surface area (Å²) < 4.78 is 21.2. The van der Waals surface area contributed by atoms with Gasteiger partial charge in [-0.05, 0) is 25.2 Å². The highest BCUT2D eigenvalue weighted by molar-refractivity contribution is 6.16. The summed E-state index contributed by atoms with van der Waals surface area (Å²) >= 11 is 5.96. The van der Waals surface area contributed by atoms with Crippen LogP contribution in [0.4, 0.5) is 4.39 Å². The van der Waals surface area contributed by atoms with Crippen LogP contribution >= 0.6 is 11.6 Å². The van der Waals surface area contributed by atoms with Crippen molar-refractivity contribution in [1.82, 2.24) is 14.5 Å². The Morgan fingerprint density at radius 1 is 1.50 bits per heavy atom. The first kappa shape index (κ1) is 13.8. The Hall–Kier alpha value is -1.17. The van der Waals surface area contributed by atoms with Crippen LogP contribution in [-0.2, 0) is 17.2 Å². The molecular weight excluding hydrogens is 281 g/mol. The molecule has 1 saturated heterocycles. The fraction of sp³-hybridized carbons (Fsp3) is 0.500. The van der Waals surface area contributed by atoms with Gasteiger partial charge in [-0.3, -0.25) is 0 Å². The zero-order valence-electron chi connectivity index (χ0n) is 11.4. The van der Waals surface area contributed by atoms with Gasteiger partial charge in [-0.1, -0.05) is 0 Å². The average Bonchev–Trinajstić information content (AvgIpc) is 2.76. The van der Waals surface area contributed by atoms with Gasteiger partial charge >= 0.3 is 0 Å². The Labute approximate surface area is 122 Å². The third-order valence-electron chi connectivity index (χ3n) is 3.64. The summed E-state index contributed by atoms with van der Waals surface area (Å²) in [5.74, 6) is 0.796. The Balaban J connectivity index is 1.94. The normalized spacial score (nSPS) is 20.6. The molecule has 6 heteroatoms. The van der Waals surface area contributed by atoms with E-state index in [4.69, 9.17) is 16.3 Å². The van der Waals surface area contributed by atoms with E-state index >= 15 is 0 Å². The topological polar surface area (TPSA) is 30.3 Å². The van der Waals surface area contributed by atoms with E-state index in [9.17, 15) is 4.39 Å². The highest BCUT2D eigenvalue weighted by Gasteiger charge is 2.21. The molecule has 3 rings (SSSR count). The minimum absolute atomic E-state index is 0.0800. The maximum Gasteiger partial charge on any atom is 0.125 e. The lowest BCUT2D eigenvalue weighted by atomic mass is 10.2. The quantitative estimate of drug-likeness (QED) is 0.814. The van der Waals surface area contributed by atoms with Crippen molar-refractivity contribution < 1.29 is 9.13 Å². The van der Waals surface area contributed by atoms with E-state index in [1.807, 2.05) is 4.57 Å². The highest BCUT2D eigenvalue weighted by atomic mass is 35.5. The molecule has 20 heavy (non-hydrogen) atoms. The molecule has 0 bridgehead atoms. The molecule has 0 saturated carbocycles. The SMILES string of the molecule is CN1CCOC(Cn2c(CCl)nc3ccc(F)cc32)C1. The molecule has 1 aromatic heterocycles. The van der Waals surface area contributed by atoms with E-state index in [0.717, 1.165) is 36.6 Å². The molecule has 0 aliphatic carbocycles. The van der Waals surface area contributed by atoms with Crippen LogP contribution < -0.4 is 0 Å². The average molecular weight is 298 g/mol. The Bertz CT molecular complexity index is 616. The number of halogens is 2. The number of hydrogen-bond acceptors (Lipinski definition) is 3. The van der Waals surface area contributed by atoms with Gasteiger partial charge in [-0.25, -0.2) is 9.37 Å². The second-order valence-corrected chi connectivity index (χ2v) is 5.43. The van der Waals surface area contributed by atoms with Crippen LogP contribution in [0.5, 0.6) is 0 Å². The van der Waals surface area contributed by atoms with Crippen molar-refractivity contribution in [1.29, 1.82) is 0 Å². The summed E-state index contributed by atoms with van der Waals surface area (Å²) in [6, 6.07) is 4.61. The summed E-state index contributed by atoms with van der Waals surface area (Å²) in [5.41, 5.74) is 1.55. The van der Waals surface area contributed by atoms with Crippen LogP contribution in [0.1, 0.15) is 5.82 Å². The molecule has 1 aromatic carbocycles. The van der Waals surface area contributed by atoms with E-state index in [2.05, 4.69) is 16.9 Å². The highest BCUT2D eigenvalue weighted by Crippen LogP contribution is 2.20. The van der Waals surface area contributed by atoms with Gasteiger partial charge in [0, 0.05) is 13.1 Å². The molecule has 1 aliphatic rings. The van der Waals surface area contributed by atoms with Crippen molar-refractivity contribution in [2.45, 2.75) is 18.5 Å². The van der Waals surface area contributed by atoms with Crippen molar-refractivity contribution in [3.8, 4) is 0 Å². The van der Waals surface area contributed by atoms with Gasteiger partial charge in [0.25, 0.3) is 0 Å². The van der Waals surface area contributed by atoms with Crippen LogP contribution in [0.25, 0.3) is 11.0 Å². The number of ether oxygens (including phenoxy) is 1. The molecule has 2 heterocycles. The summed E-state index contributed by atoms with van der Waals surface area (Å²) in [4.78, 5) is 6.68. The number of hydrogen-bond donors (Lipinski definition) is 0. The van der Waals surface area contributed by atoms with Gasteiger partial charge in [-0.15, -0.1) is 11.6 Å². The van der Waals surface area contributed by atoms with Crippen molar-refractivity contribution in [2.75, 3.05) is 26.7 Å².